The van der Waals surface area contributed by atoms with E-state index in [4.69, 9.17) is 5.26 Å². The van der Waals surface area contributed by atoms with E-state index < -0.39 is 35.8 Å². The summed E-state index contributed by atoms with van der Waals surface area (Å²) in [5.41, 5.74) is -0.681. The highest BCUT2D eigenvalue weighted by Gasteiger charge is 2.44. The van der Waals surface area contributed by atoms with Crippen LogP contribution in [0.5, 0.6) is 0 Å². The summed E-state index contributed by atoms with van der Waals surface area (Å²) in [5, 5.41) is 35.3. The molecule has 12 heteroatoms. The highest BCUT2D eigenvalue weighted by molar-refractivity contribution is 7.17. The second-order valence-electron chi connectivity index (χ2n) is 8.66. The molecule has 1 amide bonds. The summed E-state index contributed by atoms with van der Waals surface area (Å²) in [6.45, 7) is 2.28. The number of rotatable bonds is 9. The van der Waals surface area contributed by atoms with E-state index in [1.165, 1.54) is 29.2 Å². The topological polar surface area (TPSA) is 128 Å². The summed E-state index contributed by atoms with van der Waals surface area (Å²) in [7, 11) is 0. The molecule has 2 atom stereocenters. The van der Waals surface area contributed by atoms with Crippen LogP contribution < -0.4 is 0 Å². The molecule has 2 N–H and O–H groups in total. The van der Waals surface area contributed by atoms with Crippen molar-refractivity contribution in [2.24, 2.45) is 0 Å². The summed E-state index contributed by atoms with van der Waals surface area (Å²) in [6.07, 6.45) is 2.57. The molecule has 2 heterocycles. The number of halogens is 2. The summed E-state index contributed by atoms with van der Waals surface area (Å²) in [6, 6.07) is 10.5. The molecule has 0 radical (unpaired) electrons. The van der Waals surface area contributed by atoms with E-state index in [1.807, 2.05) is 6.07 Å². The number of benzene rings is 2. The van der Waals surface area contributed by atoms with Gasteiger partial charge in [0, 0.05) is 23.7 Å². The first kappa shape index (κ1) is 27.0. The lowest BCUT2D eigenvalue weighted by molar-refractivity contribution is -0.0578. The second-order valence-corrected chi connectivity index (χ2v) is 9.66. The first-order valence-corrected chi connectivity index (χ1v) is 12.4. The number of aliphatic hydroxyl groups excluding tert-OH is 1. The third-order valence-corrected chi connectivity index (χ3v) is 7.47. The minimum atomic E-state index is -2.08. The standard InChI is InChI=1S/C26H24F2N6O3S/c1-16-23(38-24(32-16)19-5-3-18(12-29)4-6-19)25(36)34(9-10-35)17(2)26(37,13-33-15-30-14-31-33)21-8-7-20(27)11-22(21)28/h3-8,11,14-15,17,35,37H,9-10,13H2,1-2H3/t17-,26-/m1/s1. The van der Waals surface area contributed by atoms with Gasteiger partial charge in [0.2, 0.25) is 0 Å². The molecule has 0 aliphatic carbocycles. The van der Waals surface area contributed by atoms with Crippen molar-refractivity contribution in [1.82, 2.24) is 24.6 Å². The van der Waals surface area contributed by atoms with Gasteiger partial charge in [0.15, 0.2) is 0 Å². The number of carbonyl (C=O) groups is 1. The van der Waals surface area contributed by atoms with Crippen LogP contribution in [0.15, 0.2) is 55.1 Å². The van der Waals surface area contributed by atoms with Gasteiger partial charge in [0.05, 0.1) is 36.5 Å². The van der Waals surface area contributed by atoms with Gasteiger partial charge < -0.3 is 15.1 Å². The minimum absolute atomic E-state index is 0.175. The van der Waals surface area contributed by atoms with Gasteiger partial charge >= 0.3 is 0 Å². The van der Waals surface area contributed by atoms with Crippen molar-refractivity contribution < 1.29 is 23.8 Å². The van der Waals surface area contributed by atoms with Gasteiger partial charge in [-0.15, -0.1) is 11.3 Å². The number of hydrogen-bond donors (Lipinski definition) is 2. The highest BCUT2D eigenvalue weighted by atomic mass is 32.1. The highest BCUT2D eigenvalue weighted by Crippen LogP contribution is 2.35. The van der Waals surface area contributed by atoms with Crippen molar-refractivity contribution in [2.75, 3.05) is 13.2 Å². The molecule has 0 saturated carbocycles. The average Bonchev–Trinajstić information content (AvgIpc) is 3.55. The van der Waals surface area contributed by atoms with Gasteiger partial charge in [0.25, 0.3) is 5.91 Å². The molecule has 4 rings (SSSR count). The Labute approximate surface area is 221 Å². The minimum Gasteiger partial charge on any atom is -0.395 e. The number of carbonyl (C=O) groups excluding carboxylic acids is 1. The maximum absolute atomic E-state index is 15.0. The van der Waals surface area contributed by atoms with Crippen molar-refractivity contribution in [3.8, 4) is 16.6 Å². The predicted octanol–water partition coefficient (Wildman–Crippen LogP) is 3.27. The molecule has 0 fully saturated rings. The Bertz CT molecular complexity index is 1470. The van der Waals surface area contributed by atoms with Crippen molar-refractivity contribution in [1.29, 1.82) is 5.26 Å². The van der Waals surface area contributed by atoms with Crippen LogP contribution in [-0.2, 0) is 12.1 Å². The van der Waals surface area contributed by atoms with Crippen LogP contribution in [-0.4, -0.2) is 60.0 Å². The molecule has 2 aromatic heterocycles. The summed E-state index contributed by atoms with van der Waals surface area (Å²) >= 11 is 1.12. The number of hydrogen-bond acceptors (Lipinski definition) is 8. The smallest absolute Gasteiger partial charge is 0.266 e. The van der Waals surface area contributed by atoms with Crippen LogP contribution in [0.1, 0.15) is 33.4 Å². The fraction of sp³-hybridized carbons (Fsp3) is 0.269. The maximum Gasteiger partial charge on any atom is 0.266 e. The molecule has 0 aliphatic rings. The quantitative estimate of drug-likeness (QED) is 0.335. The lowest BCUT2D eigenvalue weighted by Gasteiger charge is -2.41. The van der Waals surface area contributed by atoms with E-state index >= 15 is 0 Å². The van der Waals surface area contributed by atoms with Crippen LogP contribution in [0.3, 0.4) is 0 Å². The Balaban J connectivity index is 1.74. The zero-order valence-electron chi connectivity index (χ0n) is 20.5. The SMILES string of the molecule is Cc1nc(-c2ccc(C#N)cc2)sc1C(=O)N(CCO)[C@H](C)[C@](O)(Cn1cncn1)c1ccc(F)cc1F. The second kappa shape index (κ2) is 11.1. The average molecular weight is 539 g/mol. The van der Waals surface area contributed by atoms with Crippen LogP contribution in [0.2, 0.25) is 0 Å². The fourth-order valence-electron chi connectivity index (χ4n) is 4.22. The van der Waals surface area contributed by atoms with E-state index in [9.17, 15) is 23.8 Å². The zero-order valence-corrected chi connectivity index (χ0v) is 21.4. The van der Waals surface area contributed by atoms with E-state index in [-0.39, 0.29) is 23.5 Å². The molecule has 0 spiro atoms. The van der Waals surface area contributed by atoms with E-state index in [0.29, 0.717) is 27.9 Å². The third kappa shape index (κ3) is 5.31. The van der Waals surface area contributed by atoms with Crippen LogP contribution in [0.25, 0.3) is 10.6 Å². The number of nitrogens with zero attached hydrogens (tertiary/aromatic N) is 6. The van der Waals surface area contributed by atoms with Crippen molar-refractivity contribution in [3.05, 3.63) is 88.5 Å². The van der Waals surface area contributed by atoms with Crippen LogP contribution in [0.4, 0.5) is 8.78 Å². The largest absolute Gasteiger partial charge is 0.395 e. The molecule has 2 aromatic carbocycles. The fourth-order valence-corrected chi connectivity index (χ4v) is 5.24. The number of aryl methyl sites for hydroxylation is 1. The summed E-state index contributed by atoms with van der Waals surface area (Å²) in [4.78, 5) is 23.7. The van der Waals surface area contributed by atoms with Crippen molar-refractivity contribution >= 4 is 17.2 Å². The summed E-state index contributed by atoms with van der Waals surface area (Å²) < 4.78 is 30.0. The molecule has 9 nitrogen and oxygen atoms in total. The predicted molar refractivity (Wildman–Crippen MR) is 135 cm³/mol. The normalized spacial score (nSPS) is 13.5. The molecule has 196 valence electrons. The lowest BCUT2D eigenvalue weighted by atomic mass is 9.85. The van der Waals surface area contributed by atoms with Gasteiger partial charge in [-0.05, 0) is 32.0 Å². The molecule has 0 unspecified atom stereocenters. The number of nitriles is 1. The number of thiazole rings is 1. The van der Waals surface area contributed by atoms with E-state index in [0.717, 1.165) is 23.5 Å². The third-order valence-electron chi connectivity index (χ3n) is 6.28. The molecule has 4 aromatic rings. The Hall–Kier alpha value is -4.05. The van der Waals surface area contributed by atoms with Gasteiger partial charge in [-0.25, -0.2) is 23.4 Å². The Morgan fingerprint density at radius 1 is 1.26 bits per heavy atom. The van der Waals surface area contributed by atoms with Gasteiger partial charge in [-0.2, -0.15) is 10.4 Å². The Morgan fingerprint density at radius 2 is 2.00 bits per heavy atom. The number of aromatic nitrogens is 4. The molecular formula is C26H24F2N6O3S. The first-order valence-electron chi connectivity index (χ1n) is 11.6. The number of aliphatic hydroxyl groups is 2. The summed E-state index contributed by atoms with van der Waals surface area (Å²) in [5.74, 6) is -2.34. The number of amides is 1. The van der Waals surface area contributed by atoms with Gasteiger partial charge in [-0.1, -0.05) is 18.2 Å². The Kier molecular flexibility index (Phi) is 7.91. The molecule has 0 saturated heterocycles. The lowest BCUT2D eigenvalue weighted by Crippen LogP contribution is -2.54. The molecular weight excluding hydrogens is 514 g/mol. The van der Waals surface area contributed by atoms with E-state index in [2.05, 4.69) is 15.1 Å². The van der Waals surface area contributed by atoms with Crippen LogP contribution >= 0.6 is 11.3 Å². The zero-order chi connectivity index (χ0) is 27.4. The van der Waals surface area contributed by atoms with Gasteiger partial charge in [0.1, 0.15) is 39.8 Å². The maximum atomic E-state index is 15.0. The first-order chi connectivity index (χ1) is 18.2. The molecule has 38 heavy (non-hydrogen) atoms. The van der Waals surface area contributed by atoms with Crippen molar-refractivity contribution in [2.45, 2.75) is 32.0 Å². The van der Waals surface area contributed by atoms with Gasteiger partial charge in [-0.3, -0.25) is 4.79 Å². The van der Waals surface area contributed by atoms with Crippen LogP contribution in [0, 0.1) is 29.9 Å². The molecule has 0 aliphatic heterocycles. The molecule has 0 bridgehead atoms. The van der Waals surface area contributed by atoms with Crippen molar-refractivity contribution in [3.63, 3.8) is 0 Å². The Morgan fingerprint density at radius 3 is 2.61 bits per heavy atom. The van der Waals surface area contributed by atoms with E-state index in [1.54, 1.807) is 31.2 Å². The monoisotopic (exact) mass is 538 g/mol.